The van der Waals surface area contributed by atoms with Crippen LogP contribution in [0.3, 0.4) is 0 Å². The van der Waals surface area contributed by atoms with Crippen LogP contribution in [0.15, 0.2) is 54.6 Å². The van der Waals surface area contributed by atoms with Gasteiger partial charge < -0.3 is 4.90 Å². The fourth-order valence-corrected chi connectivity index (χ4v) is 2.27. The lowest BCUT2D eigenvalue weighted by Gasteiger charge is -2.17. The molecule has 0 spiro atoms. The summed E-state index contributed by atoms with van der Waals surface area (Å²) >= 11 is 0. The van der Waals surface area contributed by atoms with Crippen molar-refractivity contribution in [1.82, 2.24) is 0 Å². The van der Waals surface area contributed by atoms with E-state index in [0.717, 1.165) is 25.2 Å². The molecule has 0 aliphatic heterocycles. The summed E-state index contributed by atoms with van der Waals surface area (Å²) in [4.78, 5) is 11.8. The first-order valence-corrected chi connectivity index (χ1v) is 6.80. The molecule has 2 rings (SSSR count). The summed E-state index contributed by atoms with van der Waals surface area (Å²) < 4.78 is 0. The normalized spacial score (nSPS) is 12.1. The summed E-state index contributed by atoms with van der Waals surface area (Å²) in [5.74, 6) is 0. The van der Waals surface area contributed by atoms with E-state index in [9.17, 15) is 10.1 Å². The van der Waals surface area contributed by atoms with Crippen molar-refractivity contribution in [3.8, 4) is 0 Å². The Morgan fingerprint density at radius 3 is 2.30 bits per heavy atom. The van der Waals surface area contributed by atoms with Gasteiger partial charge in [0.25, 0.3) is 5.69 Å². The first kappa shape index (κ1) is 14.2. The Balaban J connectivity index is 2.06. The van der Waals surface area contributed by atoms with Crippen molar-refractivity contribution in [1.29, 1.82) is 0 Å². The summed E-state index contributed by atoms with van der Waals surface area (Å²) in [5.41, 5.74) is 2.46. The van der Waals surface area contributed by atoms with Crippen LogP contribution in [0.25, 0.3) is 0 Å². The number of non-ortho nitro benzene ring substituents is 1. The van der Waals surface area contributed by atoms with E-state index in [-0.39, 0.29) is 10.6 Å². The Labute approximate surface area is 118 Å². The molecule has 0 amide bonds. The minimum atomic E-state index is -0.341. The third kappa shape index (κ3) is 3.90. The zero-order valence-electron chi connectivity index (χ0n) is 11.6. The highest BCUT2D eigenvalue weighted by Crippen LogP contribution is 2.12. The van der Waals surface area contributed by atoms with Crippen molar-refractivity contribution in [3.63, 3.8) is 0 Å². The van der Waals surface area contributed by atoms with Crippen molar-refractivity contribution in [2.45, 2.75) is 20.0 Å². The van der Waals surface area contributed by atoms with Crippen LogP contribution in [-0.4, -0.2) is 11.5 Å². The van der Waals surface area contributed by atoms with E-state index in [4.69, 9.17) is 0 Å². The van der Waals surface area contributed by atoms with Gasteiger partial charge in [-0.05, 0) is 6.92 Å². The summed E-state index contributed by atoms with van der Waals surface area (Å²) in [6.45, 7) is 4.85. The average Bonchev–Trinajstić information content (AvgIpc) is 2.48. The minimum absolute atomic E-state index is 0.165. The maximum atomic E-state index is 10.8. The van der Waals surface area contributed by atoms with Gasteiger partial charge in [0.15, 0.2) is 0 Å². The van der Waals surface area contributed by atoms with E-state index >= 15 is 0 Å². The molecule has 0 bridgehead atoms. The standard InChI is InChI=1S/C16H18N2O2/c1-2-17(12-14-7-4-3-5-8-14)13-15-9-6-10-16(11-15)18(19)20/h3-11H,2,12-13H2,1H3/p+1. The maximum Gasteiger partial charge on any atom is 0.269 e. The Bertz CT molecular complexity index is 570. The van der Waals surface area contributed by atoms with Crippen LogP contribution < -0.4 is 4.90 Å². The van der Waals surface area contributed by atoms with Crippen LogP contribution in [0, 0.1) is 10.1 Å². The van der Waals surface area contributed by atoms with Gasteiger partial charge in [0.05, 0.1) is 11.5 Å². The Kier molecular flexibility index (Phi) is 4.85. The van der Waals surface area contributed by atoms with Gasteiger partial charge in [-0.15, -0.1) is 0 Å². The minimum Gasteiger partial charge on any atom is -0.328 e. The number of hydrogen-bond donors (Lipinski definition) is 1. The number of nitrogens with one attached hydrogen (secondary N) is 1. The van der Waals surface area contributed by atoms with Gasteiger partial charge in [0.1, 0.15) is 13.1 Å². The quantitative estimate of drug-likeness (QED) is 0.647. The van der Waals surface area contributed by atoms with Crippen LogP contribution in [0.1, 0.15) is 18.1 Å². The molecule has 0 radical (unpaired) electrons. The molecule has 1 N–H and O–H groups in total. The molecule has 0 aliphatic rings. The lowest BCUT2D eigenvalue weighted by atomic mass is 10.1. The second-order valence-corrected chi connectivity index (χ2v) is 4.87. The number of nitro groups is 1. The van der Waals surface area contributed by atoms with Crippen LogP contribution in [0.5, 0.6) is 0 Å². The average molecular weight is 271 g/mol. The molecule has 4 heteroatoms. The predicted molar refractivity (Wildman–Crippen MR) is 78.5 cm³/mol. The fourth-order valence-electron chi connectivity index (χ4n) is 2.27. The molecule has 4 nitrogen and oxygen atoms in total. The molecule has 0 aliphatic carbocycles. The lowest BCUT2D eigenvalue weighted by Crippen LogP contribution is -3.09. The molecule has 0 fully saturated rings. The largest absolute Gasteiger partial charge is 0.328 e. The van der Waals surface area contributed by atoms with Gasteiger partial charge in [0, 0.05) is 23.3 Å². The van der Waals surface area contributed by atoms with Crippen LogP contribution in [0.2, 0.25) is 0 Å². The van der Waals surface area contributed by atoms with Gasteiger partial charge in [0.2, 0.25) is 0 Å². The Hall–Kier alpha value is -2.20. The molecular weight excluding hydrogens is 252 g/mol. The van der Waals surface area contributed by atoms with Crippen LogP contribution in [-0.2, 0) is 13.1 Å². The smallest absolute Gasteiger partial charge is 0.269 e. The van der Waals surface area contributed by atoms with Crippen molar-refractivity contribution in [2.24, 2.45) is 0 Å². The number of nitrogens with zero attached hydrogens (tertiary/aromatic N) is 1. The highest BCUT2D eigenvalue weighted by molar-refractivity contribution is 5.33. The summed E-state index contributed by atoms with van der Waals surface area (Å²) in [6, 6.07) is 17.2. The molecule has 0 saturated carbocycles. The zero-order valence-corrected chi connectivity index (χ0v) is 11.6. The second-order valence-electron chi connectivity index (χ2n) is 4.87. The first-order chi connectivity index (χ1) is 9.69. The van der Waals surface area contributed by atoms with E-state index in [0.29, 0.717) is 0 Å². The van der Waals surface area contributed by atoms with E-state index in [1.54, 1.807) is 12.1 Å². The molecule has 0 aromatic heterocycles. The topological polar surface area (TPSA) is 47.6 Å². The highest BCUT2D eigenvalue weighted by Gasteiger charge is 2.11. The van der Waals surface area contributed by atoms with Crippen LogP contribution >= 0.6 is 0 Å². The monoisotopic (exact) mass is 271 g/mol. The van der Waals surface area contributed by atoms with Gasteiger partial charge in [-0.25, -0.2) is 0 Å². The predicted octanol–water partition coefficient (Wildman–Crippen LogP) is 2.20. The number of hydrogen-bond acceptors (Lipinski definition) is 2. The molecule has 0 saturated heterocycles. The molecular formula is C16H19N2O2+. The molecule has 1 atom stereocenters. The summed E-state index contributed by atoms with van der Waals surface area (Å²) in [5, 5.41) is 10.8. The van der Waals surface area contributed by atoms with Crippen molar-refractivity contribution >= 4 is 5.69 Å². The third-order valence-corrected chi connectivity index (χ3v) is 3.37. The van der Waals surface area contributed by atoms with Crippen molar-refractivity contribution in [3.05, 3.63) is 75.8 Å². The number of benzene rings is 2. The van der Waals surface area contributed by atoms with Crippen LogP contribution in [0.4, 0.5) is 5.69 Å². The molecule has 2 aromatic carbocycles. The third-order valence-electron chi connectivity index (χ3n) is 3.37. The van der Waals surface area contributed by atoms with Crippen molar-refractivity contribution in [2.75, 3.05) is 6.54 Å². The first-order valence-electron chi connectivity index (χ1n) is 6.80. The lowest BCUT2D eigenvalue weighted by molar-refractivity contribution is -0.925. The van der Waals surface area contributed by atoms with E-state index in [1.807, 2.05) is 24.3 Å². The number of rotatable bonds is 6. The zero-order chi connectivity index (χ0) is 14.4. The van der Waals surface area contributed by atoms with Gasteiger partial charge in [-0.2, -0.15) is 0 Å². The van der Waals surface area contributed by atoms with Gasteiger partial charge in [-0.1, -0.05) is 42.5 Å². The molecule has 0 heterocycles. The molecule has 2 aromatic rings. The van der Waals surface area contributed by atoms with E-state index < -0.39 is 0 Å². The maximum absolute atomic E-state index is 10.8. The molecule has 20 heavy (non-hydrogen) atoms. The number of nitro benzene ring substituents is 1. The highest BCUT2D eigenvalue weighted by atomic mass is 16.6. The van der Waals surface area contributed by atoms with Gasteiger partial charge >= 0.3 is 0 Å². The fraction of sp³-hybridized carbons (Fsp3) is 0.250. The second kappa shape index (κ2) is 6.82. The Morgan fingerprint density at radius 2 is 1.65 bits per heavy atom. The SMILES string of the molecule is CC[NH+](Cc1ccccc1)Cc1cccc([N+](=O)[O-])c1. The van der Waals surface area contributed by atoms with E-state index in [2.05, 4.69) is 19.1 Å². The summed E-state index contributed by atoms with van der Waals surface area (Å²) in [7, 11) is 0. The summed E-state index contributed by atoms with van der Waals surface area (Å²) in [6.07, 6.45) is 0. The van der Waals surface area contributed by atoms with E-state index in [1.165, 1.54) is 16.5 Å². The number of quaternary nitrogens is 1. The Morgan fingerprint density at radius 1 is 1.00 bits per heavy atom. The van der Waals surface area contributed by atoms with Gasteiger partial charge in [-0.3, -0.25) is 10.1 Å². The molecule has 1 unspecified atom stereocenters. The molecule has 104 valence electrons. The van der Waals surface area contributed by atoms with Crippen molar-refractivity contribution < 1.29 is 9.82 Å².